The minimum atomic E-state index is -0.483. The average molecular weight is 313 g/mol. The van der Waals surface area contributed by atoms with E-state index in [1.54, 1.807) is 12.1 Å². The minimum absolute atomic E-state index is 0.0960. The van der Waals surface area contributed by atoms with Gasteiger partial charge in [-0.25, -0.2) is 4.98 Å². The first-order valence-corrected chi connectivity index (χ1v) is 7.10. The van der Waals surface area contributed by atoms with Crippen LogP contribution in [0.4, 0.5) is 5.82 Å². The maximum absolute atomic E-state index is 12.0. The van der Waals surface area contributed by atoms with Crippen LogP contribution in [0.2, 0.25) is 5.02 Å². The van der Waals surface area contributed by atoms with Gasteiger partial charge in [-0.3, -0.25) is 9.59 Å². The Morgan fingerprint density at radius 1 is 1.29 bits per heavy atom. The van der Waals surface area contributed by atoms with Gasteiger partial charge in [-0.1, -0.05) is 11.6 Å². The quantitative estimate of drug-likeness (QED) is 0.774. The van der Waals surface area contributed by atoms with Crippen LogP contribution in [0, 0.1) is 0 Å². The van der Waals surface area contributed by atoms with Gasteiger partial charge in [0, 0.05) is 12.1 Å². The molecule has 0 radical (unpaired) electrons. The highest BCUT2D eigenvalue weighted by Gasteiger charge is 2.17. The highest BCUT2D eigenvalue weighted by atomic mass is 35.5. The molecule has 0 aliphatic rings. The summed E-state index contributed by atoms with van der Waals surface area (Å²) in [6, 6.07) is 3.28. The number of carbonyl (C=O) groups is 2. The first-order chi connectivity index (χ1) is 9.73. The Balaban J connectivity index is 2.67. The third kappa shape index (κ3) is 5.99. The molecule has 1 aromatic rings. The third-order valence-electron chi connectivity index (χ3n) is 2.34. The Bertz CT molecular complexity index is 526. The highest BCUT2D eigenvalue weighted by Crippen LogP contribution is 2.16. The predicted molar refractivity (Wildman–Crippen MR) is 83.6 cm³/mol. The van der Waals surface area contributed by atoms with Crippen molar-refractivity contribution < 1.29 is 9.59 Å². The number of hydrogen-bond acceptors (Lipinski definition) is 4. The number of halogens is 1. The van der Waals surface area contributed by atoms with E-state index in [0.29, 0.717) is 12.4 Å². The molecule has 0 bridgehead atoms. The van der Waals surface area contributed by atoms with Crippen LogP contribution < -0.4 is 16.0 Å². The molecule has 7 heteroatoms. The number of anilines is 1. The van der Waals surface area contributed by atoms with Gasteiger partial charge in [0.05, 0.1) is 11.6 Å². The molecule has 116 valence electrons. The van der Waals surface area contributed by atoms with Gasteiger partial charge in [-0.2, -0.15) is 0 Å². The first kappa shape index (κ1) is 17.2. The Morgan fingerprint density at radius 3 is 2.52 bits per heavy atom. The van der Waals surface area contributed by atoms with Crippen molar-refractivity contribution in [2.75, 3.05) is 18.4 Å². The SMILES string of the molecule is CCNc1ccc(Cl)c(C(=O)NCC(=O)NC(C)(C)C)n1. The van der Waals surface area contributed by atoms with Crippen molar-refractivity contribution in [1.29, 1.82) is 0 Å². The van der Waals surface area contributed by atoms with Crippen molar-refractivity contribution in [3.05, 3.63) is 22.8 Å². The lowest BCUT2D eigenvalue weighted by molar-refractivity contribution is -0.121. The summed E-state index contributed by atoms with van der Waals surface area (Å²) in [6.07, 6.45) is 0. The molecule has 0 aromatic carbocycles. The van der Waals surface area contributed by atoms with E-state index in [9.17, 15) is 9.59 Å². The second kappa shape index (κ2) is 7.26. The molecule has 0 atom stereocenters. The van der Waals surface area contributed by atoms with E-state index < -0.39 is 5.91 Å². The summed E-state index contributed by atoms with van der Waals surface area (Å²) in [6.45, 7) is 8.08. The molecule has 3 N–H and O–H groups in total. The van der Waals surface area contributed by atoms with Crippen LogP contribution >= 0.6 is 11.6 Å². The normalized spacial score (nSPS) is 10.9. The number of nitrogens with zero attached hydrogens (tertiary/aromatic N) is 1. The van der Waals surface area contributed by atoms with Gasteiger partial charge in [0.15, 0.2) is 0 Å². The molecule has 0 aliphatic heterocycles. The summed E-state index contributed by atoms with van der Waals surface area (Å²) < 4.78 is 0. The second-order valence-corrected chi connectivity index (χ2v) is 5.95. The van der Waals surface area contributed by atoms with Crippen LogP contribution in [0.1, 0.15) is 38.2 Å². The second-order valence-electron chi connectivity index (χ2n) is 5.54. The third-order valence-corrected chi connectivity index (χ3v) is 2.65. The van der Waals surface area contributed by atoms with Gasteiger partial charge in [0.2, 0.25) is 5.91 Å². The molecule has 0 saturated heterocycles. The van der Waals surface area contributed by atoms with Crippen molar-refractivity contribution in [1.82, 2.24) is 15.6 Å². The fraction of sp³-hybridized carbons (Fsp3) is 0.500. The molecule has 0 saturated carbocycles. The van der Waals surface area contributed by atoms with E-state index in [4.69, 9.17) is 11.6 Å². The zero-order valence-electron chi connectivity index (χ0n) is 12.7. The van der Waals surface area contributed by atoms with Crippen LogP contribution in [0.25, 0.3) is 0 Å². The van der Waals surface area contributed by atoms with Gasteiger partial charge in [0.25, 0.3) is 5.91 Å². The highest BCUT2D eigenvalue weighted by molar-refractivity contribution is 6.33. The lowest BCUT2D eigenvalue weighted by atomic mass is 10.1. The molecular weight excluding hydrogens is 292 g/mol. The summed E-state index contributed by atoms with van der Waals surface area (Å²) in [5.41, 5.74) is -0.249. The monoisotopic (exact) mass is 312 g/mol. The molecular formula is C14H21ClN4O2. The molecule has 1 rings (SSSR count). The predicted octanol–water partition coefficient (Wildman–Crippen LogP) is 1.81. The summed E-state index contributed by atoms with van der Waals surface area (Å²) >= 11 is 5.96. The number of hydrogen-bond donors (Lipinski definition) is 3. The fourth-order valence-corrected chi connectivity index (χ4v) is 1.78. The summed E-state index contributed by atoms with van der Waals surface area (Å²) in [7, 11) is 0. The van der Waals surface area contributed by atoms with Crippen LogP contribution in [-0.2, 0) is 4.79 Å². The average Bonchev–Trinajstić information content (AvgIpc) is 2.36. The summed E-state index contributed by atoms with van der Waals surface area (Å²) in [4.78, 5) is 27.8. The molecule has 0 fully saturated rings. The van der Waals surface area contributed by atoms with E-state index in [1.807, 2.05) is 27.7 Å². The molecule has 0 unspecified atom stereocenters. The number of nitrogens with one attached hydrogen (secondary N) is 3. The molecule has 0 aliphatic carbocycles. The van der Waals surface area contributed by atoms with Crippen molar-refractivity contribution in [3.63, 3.8) is 0 Å². The van der Waals surface area contributed by atoms with Crippen LogP contribution in [-0.4, -0.2) is 35.4 Å². The molecule has 1 aromatic heterocycles. The Hall–Kier alpha value is -1.82. The Labute approximate surface area is 129 Å². The summed E-state index contributed by atoms with van der Waals surface area (Å²) in [5, 5.41) is 8.50. The van der Waals surface area contributed by atoms with E-state index >= 15 is 0 Å². The molecule has 1 heterocycles. The minimum Gasteiger partial charge on any atom is -0.370 e. The smallest absolute Gasteiger partial charge is 0.271 e. The molecule has 2 amide bonds. The van der Waals surface area contributed by atoms with E-state index in [0.717, 1.165) is 0 Å². The standard InChI is InChI=1S/C14H21ClN4O2/c1-5-16-10-7-6-9(15)12(18-10)13(21)17-8-11(20)19-14(2,3)4/h6-7H,5,8H2,1-4H3,(H,16,18)(H,17,21)(H,19,20). The van der Waals surface area contributed by atoms with E-state index in [2.05, 4.69) is 20.9 Å². The number of rotatable bonds is 5. The van der Waals surface area contributed by atoms with Gasteiger partial charge in [-0.05, 0) is 39.8 Å². The van der Waals surface area contributed by atoms with Crippen molar-refractivity contribution in [2.24, 2.45) is 0 Å². The van der Waals surface area contributed by atoms with E-state index in [1.165, 1.54) is 0 Å². The van der Waals surface area contributed by atoms with Crippen LogP contribution in [0.5, 0.6) is 0 Å². The maximum Gasteiger partial charge on any atom is 0.271 e. The van der Waals surface area contributed by atoms with Gasteiger partial charge in [0.1, 0.15) is 11.5 Å². The summed E-state index contributed by atoms with van der Waals surface area (Å²) in [5.74, 6) is -0.190. The first-order valence-electron chi connectivity index (χ1n) is 6.72. The van der Waals surface area contributed by atoms with Crippen molar-refractivity contribution >= 4 is 29.2 Å². The van der Waals surface area contributed by atoms with Gasteiger partial charge < -0.3 is 16.0 Å². The maximum atomic E-state index is 12.0. The van der Waals surface area contributed by atoms with Gasteiger partial charge in [-0.15, -0.1) is 0 Å². The largest absolute Gasteiger partial charge is 0.370 e. The zero-order valence-corrected chi connectivity index (χ0v) is 13.5. The van der Waals surface area contributed by atoms with Gasteiger partial charge >= 0.3 is 0 Å². The zero-order chi connectivity index (χ0) is 16.0. The van der Waals surface area contributed by atoms with Crippen molar-refractivity contribution in [2.45, 2.75) is 33.2 Å². The number of amides is 2. The molecule has 6 nitrogen and oxygen atoms in total. The lowest BCUT2D eigenvalue weighted by Crippen LogP contribution is -2.46. The van der Waals surface area contributed by atoms with Crippen LogP contribution in [0.15, 0.2) is 12.1 Å². The van der Waals surface area contributed by atoms with E-state index in [-0.39, 0.29) is 28.7 Å². The van der Waals surface area contributed by atoms with Crippen LogP contribution in [0.3, 0.4) is 0 Å². The Morgan fingerprint density at radius 2 is 1.95 bits per heavy atom. The molecule has 21 heavy (non-hydrogen) atoms. The fourth-order valence-electron chi connectivity index (χ4n) is 1.59. The Kier molecular flexibility index (Phi) is 5.96. The number of pyridine rings is 1. The number of aromatic nitrogens is 1. The molecule has 0 spiro atoms. The lowest BCUT2D eigenvalue weighted by Gasteiger charge is -2.20. The van der Waals surface area contributed by atoms with Crippen molar-refractivity contribution in [3.8, 4) is 0 Å². The number of carbonyl (C=O) groups excluding carboxylic acids is 2. The topological polar surface area (TPSA) is 83.1 Å².